The molecule has 5 nitrogen and oxygen atoms in total. The lowest BCUT2D eigenvalue weighted by molar-refractivity contribution is -0.119. The molecule has 0 aliphatic heterocycles. The summed E-state index contributed by atoms with van der Waals surface area (Å²) >= 11 is 0. The maximum Gasteiger partial charge on any atom is 0.231 e. The normalized spacial score (nSPS) is 10.5. The Morgan fingerprint density at radius 2 is 1.54 bits per heavy atom. The lowest BCUT2D eigenvalue weighted by Crippen LogP contribution is -2.24. The highest BCUT2D eigenvalue weighted by Crippen LogP contribution is 2.30. The van der Waals surface area contributed by atoms with E-state index in [2.05, 4.69) is 4.72 Å². The van der Waals surface area contributed by atoms with Crippen LogP contribution in [-0.2, 0) is 22.2 Å². The maximum atomic E-state index is 11.6. The SMILES string of the molecule is CC.CC.Cc1cc(CCC(=O)NS(C)=O)cc(C)c1Oc1ccc(O)cc1. The Morgan fingerprint density at radius 1 is 1.04 bits per heavy atom. The van der Waals surface area contributed by atoms with Gasteiger partial charge in [-0.15, -0.1) is 0 Å². The van der Waals surface area contributed by atoms with Crippen molar-refractivity contribution in [2.24, 2.45) is 0 Å². The highest BCUT2D eigenvalue weighted by molar-refractivity contribution is 7.82. The topological polar surface area (TPSA) is 75.6 Å². The minimum Gasteiger partial charge on any atom is -0.508 e. The van der Waals surface area contributed by atoms with Gasteiger partial charge in [0, 0.05) is 12.7 Å². The summed E-state index contributed by atoms with van der Waals surface area (Å²) in [5.74, 6) is 1.38. The highest BCUT2D eigenvalue weighted by atomic mass is 32.2. The molecular formula is C22H33NO4S. The number of hydrogen-bond acceptors (Lipinski definition) is 4. The Bertz CT molecular complexity index is 735. The Morgan fingerprint density at radius 3 is 2.00 bits per heavy atom. The van der Waals surface area contributed by atoms with Crippen molar-refractivity contribution in [2.75, 3.05) is 6.26 Å². The molecule has 28 heavy (non-hydrogen) atoms. The number of benzene rings is 2. The Labute approximate surface area is 171 Å². The van der Waals surface area contributed by atoms with Gasteiger partial charge in [-0.3, -0.25) is 9.52 Å². The van der Waals surface area contributed by atoms with Crippen LogP contribution in [0.1, 0.15) is 50.8 Å². The Kier molecular flexibility index (Phi) is 12.6. The van der Waals surface area contributed by atoms with Crippen molar-refractivity contribution < 1.29 is 18.8 Å². The molecule has 156 valence electrons. The molecule has 0 aliphatic carbocycles. The standard InChI is InChI=1S/C18H21NO4S.2C2H6/c1-12-10-14(4-9-17(21)19-24(3)22)11-13(2)18(12)23-16-7-5-15(20)6-8-16;2*1-2/h5-8,10-11,20H,4,9H2,1-3H3,(H,19,21);2*1-2H3. The highest BCUT2D eigenvalue weighted by Gasteiger charge is 2.10. The summed E-state index contributed by atoms with van der Waals surface area (Å²) in [4.78, 5) is 11.6. The third-order valence-electron chi connectivity index (χ3n) is 3.48. The Hall–Kier alpha value is -2.34. The van der Waals surface area contributed by atoms with Crippen molar-refractivity contribution in [2.45, 2.75) is 54.4 Å². The lowest BCUT2D eigenvalue weighted by atomic mass is 10.0. The number of phenols is 1. The number of phenolic OH excluding ortho intramolecular Hbond substituents is 1. The quantitative estimate of drug-likeness (QED) is 0.690. The molecule has 1 unspecified atom stereocenters. The summed E-state index contributed by atoms with van der Waals surface area (Å²) < 4.78 is 19.2. The zero-order chi connectivity index (χ0) is 21.7. The number of carbonyl (C=O) groups excluding carboxylic acids is 1. The zero-order valence-corrected chi connectivity index (χ0v) is 18.8. The number of nitrogens with one attached hydrogen (secondary N) is 1. The summed E-state index contributed by atoms with van der Waals surface area (Å²) in [7, 11) is -1.33. The van der Waals surface area contributed by atoms with E-state index in [0.717, 1.165) is 22.4 Å². The first-order valence-electron chi connectivity index (χ1n) is 9.55. The number of amides is 1. The largest absolute Gasteiger partial charge is 0.508 e. The van der Waals surface area contributed by atoms with Crippen LogP contribution in [0.4, 0.5) is 0 Å². The summed E-state index contributed by atoms with van der Waals surface area (Å²) in [5, 5.41) is 9.32. The molecule has 0 aromatic heterocycles. The first kappa shape index (κ1) is 25.7. The van der Waals surface area contributed by atoms with E-state index < -0.39 is 11.0 Å². The molecule has 0 heterocycles. The van der Waals surface area contributed by atoms with E-state index in [4.69, 9.17) is 4.74 Å². The summed E-state index contributed by atoms with van der Waals surface area (Å²) in [5.41, 5.74) is 2.97. The number of aryl methyl sites for hydroxylation is 3. The van der Waals surface area contributed by atoms with E-state index in [1.54, 1.807) is 24.3 Å². The van der Waals surface area contributed by atoms with Gasteiger partial charge < -0.3 is 9.84 Å². The molecule has 0 radical (unpaired) electrons. The van der Waals surface area contributed by atoms with E-state index in [1.807, 2.05) is 53.7 Å². The predicted octanol–water partition coefficient (Wildman–Crippen LogP) is 5.20. The molecule has 0 saturated carbocycles. The van der Waals surface area contributed by atoms with Crippen molar-refractivity contribution in [3.63, 3.8) is 0 Å². The van der Waals surface area contributed by atoms with Gasteiger partial charge in [0.15, 0.2) is 0 Å². The van der Waals surface area contributed by atoms with Crippen LogP contribution in [-0.4, -0.2) is 21.5 Å². The molecule has 1 atom stereocenters. The molecule has 2 aromatic rings. The average Bonchev–Trinajstić information content (AvgIpc) is 2.67. The summed E-state index contributed by atoms with van der Waals surface area (Å²) in [6.07, 6.45) is 2.29. The fraction of sp³-hybridized carbons (Fsp3) is 0.409. The van der Waals surface area contributed by atoms with Crippen molar-refractivity contribution >= 4 is 16.9 Å². The van der Waals surface area contributed by atoms with Gasteiger partial charge in [-0.1, -0.05) is 39.8 Å². The number of aromatic hydroxyl groups is 1. The zero-order valence-electron chi connectivity index (χ0n) is 18.0. The second-order valence-corrected chi connectivity index (χ2v) is 6.75. The molecule has 0 saturated heterocycles. The van der Waals surface area contributed by atoms with Gasteiger partial charge in [-0.2, -0.15) is 0 Å². The smallest absolute Gasteiger partial charge is 0.231 e. The third kappa shape index (κ3) is 9.04. The number of hydrogen-bond donors (Lipinski definition) is 2. The minimum atomic E-state index is -1.33. The maximum absolute atomic E-state index is 11.6. The van der Waals surface area contributed by atoms with E-state index in [1.165, 1.54) is 6.26 Å². The van der Waals surface area contributed by atoms with Crippen LogP contribution in [0, 0.1) is 13.8 Å². The van der Waals surface area contributed by atoms with Crippen LogP contribution in [0.25, 0.3) is 0 Å². The van der Waals surface area contributed by atoms with Gasteiger partial charge in [-0.25, -0.2) is 4.21 Å². The van der Waals surface area contributed by atoms with E-state index >= 15 is 0 Å². The van der Waals surface area contributed by atoms with Crippen LogP contribution in [0.15, 0.2) is 36.4 Å². The van der Waals surface area contributed by atoms with E-state index in [9.17, 15) is 14.1 Å². The molecule has 2 aromatic carbocycles. The number of carbonyl (C=O) groups is 1. The molecular weight excluding hydrogens is 374 g/mol. The van der Waals surface area contributed by atoms with Crippen LogP contribution < -0.4 is 9.46 Å². The first-order valence-corrected chi connectivity index (χ1v) is 11.1. The van der Waals surface area contributed by atoms with Gasteiger partial charge in [0.1, 0.15) is 28.2 Å². The third-order valence-corrected chi connectivity index (χ3v) is 3.99. The fourth-order valence-corrected chi connectivity index (χ4v) is 2.87. The summed E-state index contributed by atoms with van der Waals surface area (Å²) in [6.45, 7) is 11.9. The first-order chi connectivity index (χ1) is 13.3. The molecule has 6 heteroatoms. The predicted molar refractivity (Wildman–Crippen MR) is 117 cm³/mol. The minimum absolute atomic E-state index is 0.192. The van der Waals surface area contributed by atoms with Crippen LogP contribution in [0.2, 0.25) is 0 Å². The van der Waals surface area contributed by atoms with Crippen molar-refractivity contribution in [3.05, 3.63) is 53.1 Å². The van der Waals surface area contributed by atoms with Crippen LogP contribution in [0.5, 0.6) is 17.2 Å². The number of rotatable bonds is 6. The number of ether oxygens (including phenoxy) is 1. The monoisotopic (exact) mass is 407 g/mol. The van der Waals surface area contributed by atoms with Crippen molar-refractivity contribution in [1.82, 2.24) is 4.72 Å². The van der Waals surface area contributed by atoms with E-state index in [-0.39, 0.29) is 18.1 Å². The molecule has 2 rings (SSSR count). The van der Waals surface area contributed by atoms with Crippen molar-refractivity contribution in [1.29, 1.82) is 0 Å². The molecule has 0 fully saturated rings. The van der Waals surface area contributed by atoms with Gasteiger partial charge in [0.05, 0.1) is 0 Å². The molecule has 0 bridgehead atoms. The molecule has 0 aliphatic rings. The van der Waals surface area contributed by atoms with Crippen LogP contribution >= 0.6 is 0 Å². The van der Waals surface area contributed by atoms with Crippen molar-refractivity contribution in [3.8, 4) is 17.2 Å². The summed E-state index contributed by atoms with van der Waals surface area (Å²) in [6, 6.07) is 10.5. The molecule has 1 amide bonds. The van der Waals surface area contributed by atoms with Gasteiger partial charge >= 0.3 is 0 Å². The van der Waals surface area contributed by atoms with Gasteiger partial charge in [0.2, 0.25) is 5.91 Å². The van der Waals surface area contributed by atoms with Gasteiger partial charge in [-0.05, 0) is 61.2 Å². The lowest BCUT2D eigenvalue weighted by Gasteiger charge is -2.14. The second kappa shape index (κ2) is 13.8. The second-order valence-electron chi connectivity index (χ2n) is 5.63. The molecule has 0 spiro atoms. The fourth-order valence-electron chi connectivity index (χ4n) is 2.45. The van der Waals surface area contributed by atoms with E-state index in [0.29, 0.717) is 12.2 Å². The Balaban J connectivity index is 0.00000171. The van der Waals surface area contributed by atoms with Crippen LogP contribution in [0.3, 0.4) is 0 Å². The van der Waals surface area contributed by atoms with Gasteiger partial charge in [0.25, 0.3) is 0 Å². The molecule has 2 N–H and O–H groups in total. The average molecular weight is 408 g/mol.